The number of carbonyl (C=O) groups is 2. The summed E-state index contributed by atoms with van der Waals surface area (Å²) < 4.78 is 38.3. The first-order valence-corrected chi connectivity index (χ1v) is 9.05. The third kappa shape index (κ3) is 4.13. The molecular weight excluding hydrogens is 362 g/mol. The summed E-state index contributed by atoms with van der Waals surface area (Å²) in [4.78, 5) is 23.1. The van der Waals surface area contributed by atoms with Gasteiger partial charge in [-0.2, -0.15) is 0 Å². The molecule has 3 heterocycles. The van der Waals surface area contributed by atoms with Crippen LogP contribution in [0.1, 0.15) is 27.2 Å². The number of rotatable bonds is 5. The van der Waals surface area contributed by atoms with E-state index in [4.69, 9.17) is 33.2 Å². The Labute approximate surface area is 157 Å². The molecule has 3 aliphatic heterocycles. The maximum Gasteiger partial charge on any atom is 0.508 e. The van der Waals surface area contributed by atoms with Crippen molar-refractivity contribution < 1.29 is 42.7 Å². The number of amides is 1. The number of fused-ring (bicyclic) bond motifs is 1. The Morgan fingerprint density at radius 3 is 2.70 bits per heavy atom. The number of hydrogen-bond acceptors (Lipinski definition) is 9. The van der Waals surface area contributed by atoms with E-state index < -0.39 is 42.2 Å². The van der Waals surface area contributed by atoms with Gasteiger partial charge in [-0.25, -0.2) is 9.59 Å². The fourth-order valence-electron chi connectivity index (χ4n) is 3.86. The standard InChI is InChI=1S/C17H27NO9/c1-5-22-15(19)18-14-12-11(24-8-25-14)13(21-4)17(2,3)10(27-12)6-9-7-23-16(20)26-9/h9-14H,5-8H2,1-4H3,(H,18,19)/t9-,10+,11-,12-,13+,14-/m0/s1. The van der Waals surface area contributed by atoms with E-state index in [1.165, 1.54) is 0 Å². The quantitative estimate of drug-likeness (QED) is 0.693. The summed E-state index contributed by atoms with van der Waals surface area (Å²) in [5.74, 6) is 0. The minimum Gasteiger partial charge on any atom is -0.450 e. The van der Waals surface area contributed by atoms with E-state index in [0.29, 0.717) is 6.42 Å². The highest BCUT2D eigenvalue weighted by Gasteiger charge is 2.56. The van der Waals surface area contributed by atoms with Crippen LogP contribution in [0.25, 0.3) is 0 Å². The van der Waals surface area contributed by atoms with Crippen LogP contribution < -0.4 is 5.32 Å². The normalized spacial score (nSPS) is 37.7. The second kappa shape index (κ2) is 8.17. The third-order valence-corrected chi connectivity index (χ3v) is 5.23. The molecule has 1 N–H and O–H groups in total. The van der Waals surface area contributed by atoms with Crippen LogP contribution in [0.15, 0.2) is 0 Å². The average Bonchev–Trinajstić information content (AvgIpc) is 3.01. The van der Waals surface area contributed by atoms with Crippen molar-refractivity contribution in [2.75, 3.05) is 27.1 Å². The summed E-state index contributed by atoms with van der Waals surface area (Å²) in [7, 11) is 1.61. The monoisotopic (exact) mass is 389 g/mol. The zero-order valence-electron chi connectivity index (χ0n) is 16.0. The molecule has 3 fully saturated rings. The highest BCUT2D eigenvalue weighted by atomic mass is 16.8. The molecule has 0 aromatic heterocycles. The number of methoxy groups -OCH3 is 1. The van der Waals surface area contributed by atoms with E-state index in [0.717, 1.165) is 0 Å². The minimum atomic E-state index is -0.749. The summed E-state index contributed by atoms with van der Waals surface area (Å²) >= 11 is 0. The minimum absolute atomic E-state index is 0.00369. The maximum absolute atomic E-state index is 11.8. The lowest BCUT2D eigenvalue weighted by Gasteiger charge is -2.54. The number of carbonyl (C=O) groups excluding carboxylic acids is 2. The molecule has 0 unspecified atom stereocenters. The number of ether oxygens (including phenoxy) is 7. The van der Waals surface area contributed by atoms with Gasteiger partial charge in [-0.3, -0.25) is 5.32 Å². The highest BCUT2D eigenvalue weighted by molar-refractivity contribution is 5.67. The Bertz CT molecular complexity index is 555. The molecule has 3 rings (SSSR count). The zero-order chi connectivity index (χ0) is 19.6. The van der Waals surface area contributed by atoms with E-state index in [2.05, 4.69) is 5.32 Å². The molecule has 0 aliphatic carbocycles. The Hall–Kier alpha value is -1.62. The summed E-state index contributed by atoms with van der Waals surface area (Å²) in [5.41, 5.74) is -0.448. The van der Waals surface area contributed by atoms with Crippen LogP contribution in [0.5, 0.6) is 0 Å². The molecular formula is C17H27NO9. The van der Waals surface area contributed by atoms with Gasteiger partial charge in [0.2, 0.25) is 0 Å². The first kappa shape index (κ1) is 20.1. The fourth-order valence-corrected chi connectivity index (χ4v) is 3.86. The zero-order valence-corrected chi connectivity index (χ0v) is 16.0. The average molecular weight is 389 g/mol. The van der Waals surface area contributed by atoms with Crippen LogP contribution in [0, 0.1) is 5.41 Å². The molecule has 0 bridgehead atoms. The third-order valence-electron chi connectivity index (χ3n) is 5.23. The molecule has 10 heteroatoms. The van der Waals surface area contributed by atoms with Gasteiger partial charge in [0.1, 0.15) is 31.7 Å². The Morgan fingerprint density at radius 1 is 1.30 bits per heavy atom. The largest absolute Gasteiger partial charge is 0.508 e. The van der Waals surface area contributed by atoms with Gasteiger partial charge >= 0.3 is 12.2 Å². The number of alkyl carbamates (subject to hydrolysis) is 1. The van der Waals surface area contributed by atoms with E-state index in [1.54, 1.807) is 14.0 Å². The van der Waals surface area contributed by atoms with E-state index >= 15 is 0 Å². The van der Waals surface area contributed by atoms with Crippen LogP contribution in [0.2, 0.25) is 0 Å². The van der Waals surface area contributed by atoms with Crippen molar-refractivity contribution in [1.29, 1.82) is 0 Å². The lowest BCUT2D eigenvalue weighted by atomic mass is 9.72. The molecule has 0 aromatic carbocycles. The summed E-state index contributed by atoms with van der Waals surface area (Å²) in [6, 6.07) is 0. The van der Waals surface area contributed by atoms with Gasteiger partial charge < -0.3 is 33.2 Å². The highest BCUT2D eigenvalue weighted by Crippen LogP contribution is 2.43. The second-order valence-corrected chi connectivity index (χ2v) is 7.30. The van der Waals surface area contributed by atoms with Crippen molar-refractivity contribution in [2.45, 2.75) is 63.9 Å². The molecule has 0 radical (unpaired) electrons. The van der Waals surface area contributed by atoms with Gasteiger partial charge in [-0.1, -0.05) is 13.8 Å². The first-order valence-electron chi connectivity index (χ1n) is 9.05. The Morgan fingerprint density at radius 2 is 2.07 bits per heavy atom. The van der Waals surface area contributed by atoms with Crippen LogP contribution in [0.3, 0.4) is 0 Å². The van der Waals surface area contributed by atoms with Crippen LogP contribution in [-0.2, 0) is 33.2 Å². The van der Waals surface area contributed by atoms with Gasteiger partial charge in [0.15, 0.2) is 6.23 Å². The molecule has 0 saturated carbocycles. The summed E-state index contributed by atoms with van der Waals surface area (Å²) in [6.07, 6.45) is -3.73. The lowest BCUT2D eigenvalue weighted by Crippen LogP contribution is -2.68. The van der Waals surface area contributed by atoms with Crippen molar-refractivity contribution in [1.82, 2.24) is 5.32 Å². The maximum atomic E-state index is 11.8. The van der Waals surface area contributed by atoms with Crippen molar-refractivity contribution in [3.63, 3.8) is 0 Å². The number of nitrogens with one attached hydrogen (secondary N) is 1. The summed E-state index contributed by atoms with van der Waals surface area (Å²) in [5, 5.41) is 2.66. The molecule has 3 saturated heterocycles. The number of hydrogen-bond donors (Lipinski definition) is 1. The first-order chi connectivity index (χ1) is 12.9. The number of cyclic esters (lactones) is 2. The van der Waals surface area contributed by atoms with Crippen molar-refractivity contribution in [3.8, 4) is 0 Å². The molecule has 10 nitrogen and oxygen atoms in total. The van der Waals surface area contributed by atoms with E-state index in [-0.39, 0.29) is 32.2 Å². The van der Waals surface area contributed by atoms with E-state index in [1.807, 2.05) is 13.8 Å². The van der Waals surface area contributed by atoms with Gasteiger partial charge in [0.25, 0.3) is 0 Å². The molecule has 27 heavy (non-hydrogen) atoms. The topological polar surface area (TPSA) is 111 Å². The lowest BCUT2D eigenvalue weighted by molar-refractivity contribution is -0.330. The predicted molar refractivity (Wildman–Crippen MR) is 88.8 cm³/mol. The molecule has 3 aliphatic rings. The van der Waals surface area contributed by atoms with Gasteiger partial charge in [-0.15, -0.1) is 0 Å². The van der Waals surface area contributed by atoms with Gasteiger partial charge in [0, 0.05) is 18.9 Å². The summed E-state index contributed by atoms with van der Waals surface area (Å²) in [6.45, 7) is 6.15. The van der Waals surface area contributed by atoms with Gasteiger partial charge in [0.05, 0.1) is 18.8 Å². The Balaban J connectivity index is 1.77. The molecule has 1 amide bonds. The van der Waals surface area contributed by atoms with Crippen LogP contribution in [-0.4, -0.2) is 76.1 Å². The van der Waals surface area contributed by atoms with Crippen molar-refractivity contribution in [2.24, 2.45) is 5.41 Å². The Kier molecular flexibility index (Phi) is 6.09. The van der Waals surface area contributed by atoms with Gasteiger partial charge in [-0.05, 0) is 6.92 Å². The second-order valence-electron chi connectivity index (χ2n) is 7.30. The predicted octanol–water partition coefficient (Wildman–Crippen LogP) is 1.17. The molecule has 0 spiro atoms. The van der Waals surface area contributed by atoms with Crippen molar-refractivity contribution in [3.05, 3.63) is 0 Å². The molecule has 0 aromatic rings. The van der Waals surface area contributed by atoms with Crippen LogP contribution >= 0.6 is 0 Å². The fraction of sp³-hybridized carbons (Fsp3) is 0.882. The molecule has 154 valence electrons. The van der Waals surface area contributed by atoms with Crippen molar-refractivity contribution >= 4 is 12.2 Å². The SMILES string of the molecule is CCOC(=O)N[C@H]1OCO[C@H]2[C@@H]1O[C@H](C[C@H]1COC(=O)O1)C(C)(C)[C@@H]2OC. The smallest absolute Gasteiger partial charge is 0.450 e. The molecule has 6 atom stereocenters. The van der Waals surface area contributed by atoms with Crippen LogP contribution in [0.4, 0.5) is 9.59 Å². The van der Waals surface area contributed by atoms with E-state index in [9.17, 15) is 9.59 Å².